The van der Waals surface area contributed by atoms with Gasteiger partial charge in [0, 0.05) is 45.5 Å². The van der Waals surface area contributed by atoms with E-state index in [1.165, 1.54) is 16.6 Å². The molecule has 0 saturated carbocycles. The van der Waals surface area contributed by atoms with Gasteiger partial charge in [-0.05, 0) is 52.5 Å². The van der Waals surface area contributed by atoms with Crippen LogP contribution in [-0.4, -0.2) is 72.0 Å². The largest absolute Gasteiger partial charge is 0.444 e. The van der Waals surface area contributed by atoms with E-state index in [4.69, 9.17) is 4.74 Å². The molecule has 0 unspecified atom stereocenters. The van der Waals surface area contributed by atoms with Crippen LogP contribution in [0.25, 0.3) is 0 Å². The van der Waals surface area contributed by atoms with Crippen molar-refractivity contribution < 1.29 is 22.7 Å². The standard InChI is InChI=1S/C20H32N4O5S/c1-20(2,3)29-19(26)21-15-7-11-23(12-8-15)18(25)17-13-16(14-22(17)4)30(27,28)24-9-5-6-10-24/h13-15H,5-12H2,1-4H3,(H,21,26). The summed E-state index contributed by atoms with van der Waals surface area (Å²) in [5, 5.41) is 2.85. The van der Waals surface area contributed by atoms with E-state index < -0.39 is 21.7 Å². The Kier molecular flexibility index (Phi) is 6.47. The molecule has 2 saturated heterocycles. The van der Waals surface area contributed by atoms with Crippen LogP contribution in [0.15, 0.2) is 17.2 Å². The minimum absolute atomic E-state index is 0.0524. The molecule has 0 aromatic carbocycles. The lowest BCUT2D eigenvalue weighted by atomic mass is 10.0. The van der Waals surface area contributed by atoms with E-state index >= 15 is 0 Å². The molecule has 0 aliphatic carbocycles. The van der Waals surface area contributed by atoms with Gasteiger partial charge in [-0.1, -0.05) is 0 Å². The summed E-state index contributed by atoms with van der Waals surface area (Å²) in [5.41, 5.74) is -0.202. The minimum Gasteiger partial charge on any atom is -0.444 e. The van der Waals surface area contributed by atoms with E-state index in [-0.39, 0.29) is 16.8 Å². The quantitative estimate of drug-likeness (QED) is 0.771. The molecule has 0 radical (unpaired) electrons. The van der Waals surface area contributed by atoms with E-state index in [1.807, 2.05) is 20.8 Å². The fraction of sp³-hybridized carbons (Fsp3) is 0.700. The average Bonchev–Trinajstić information content (AvgIpc) is 3.30. The van der Waals surface area contributed by atoms with Crippen molar-refractivity contribution in [3.63, 3.8) is 0 Å². The van der Waals surface area contributed by atoms with Gasteiger partial charge < -0.3 is 19.5 Å². The van der Waals surface area contributed by atoms with Crippen molar-refractivity contribution in [2.45, 2.75) is 63.0 Å². The minimum atomic E-state index is -3.56. The predicted molar refractivity (Wildman–Crippen MR) is 112 cm³/mol. The summed E-state index contributed by atoms with van der Waals surface area (Å²) < 4.78 is 33.9. The maximum Gasteiger partial charge on any atom is 0.407 e. The van der Waals surface area contributed by atoms with Crippen LogP contribution in [0.3, 0.4) is 0 Å². The number of nitrogens with one attached hydrogen (secondary N) is 1. The first kappa shape index (κ1) is 22.6. The van der Waals surface area contributed by atoms with Crippen LogP contribution in [0.2, 0.25) is 0 Å². The fourth-order valence-electron chi connectivity index (χ4n) is 3.83. The number of amides is 2. The molecule has 2 aliphatic heterocycles. The highest BCUT2D eigenvalue weighted by Gasteiger charge is 2.31. The molecule has 1 aromatic heterocycles. The van der Waals surface area contributed by atoms with Crippen LogP contribution in [0, 0.1) is 0 Å². The highest BCUT2D eigenvalue weighted by atomic mass is 32.2. The van der Waals surface area contributed by atoms with Crippen molar-refractivity contribution in [1.82, 2.24) is 19.1 Å². The summed E-state index contributed by atoms with van der Waals surface area (Å²) in [6.07, 6.45) is 4.03. The first-order chi connectivity index (χ1) is 14.0. The van der Waals surface area contributed by atoms with Gasteiger partial charge in [-0.3, -0.25) is 4.79 Å². The second-order valence-electron chi connectivity index (χ2n) is 9.00. The Bertz CT molecular complexity index is 889. The number of likely N-dealkylation sites (tertiary alicyclic amines) is 1. The molecule has 168 valence electrons. The number of aromatic nitrogens is 1. The number of ether oxygens (including phenoxy) is 1. The van der Waals surface area contributed by atoms with Crippen molar-refractivity contribution in [3.8, 4) is 0 Å². The van der Waals surface area contributed by atoms with E-state index in [2.05, 4.69) is 5.32 Å². The van der Waals surface area contributed by atoms with Crippen LogP contribution >= 0.6 is 0 Å². The number of nitrogens with zero attached hydrogens (tertiary/aromatic N) is 3. The predicted octanol–water partition coefficient (Wildman–Crippen LogP) is 1.94. The van der Waals surface area contributed by atoms with Crippen LogP contribution in [0.1, 0.15) is 56.9 Å². The molecule has 2 amide bonds. The topological polar surface area (TPSA) is 101 Å². The molecule has 1 aromatic rings. The van der Waals surface area contributed by atoms with Gasteiger partial charge in [0.05, 0.1) is 0 Å². The molecule has 3 heterocycles. The molecular weight excluding hydrogens is 408 g/mol. The Morgan fingerprint density at radius 1 is 1.10 bits per heavy atom. The number of hydrogen-bond acceptors (Lipinski definition) is 5. The summed E-state index contributed by atoms with van der Waals surface area (Å²) in [6.45, 7) is 7.46. The number of carbonyl (C=O) groups excluding carboxylic acids is 2. The number of sulfonamides is 1. The molecule has 9 nitrogen and oxygen atoms in total. The van der Waals surface area contributed by atoms with E-state index in [0.29, 0.717) is 44.7 Å². The molecule has 10 heteroatoms. The summed E-state index contributed by atoms with van der Waals surface area (Å²) in [5.74, 6) is -0.198. The molecule has 30 heavy (non-hydrogen) atoms. The van der Waals surface area contributed by atoms with E-state index in [9.17, 15) is 18.0 Å². The molecule has 0 bridgehead atoms. The Balaban J connectivity index is 1.60. The lowest BCUT2D eigenvalue weighted by Crippen LogP contribution is -2.47. The van der Waals surface area contributed by atoms with Gasteiger partial charge in [0.15, 0.2) is 0 Å². The Labute approximate surface area is 178 Å². The Morgan fingerprint density at radius 3 is 2.27 bits per heavy atom. The first-order valence-electron chi connectivity index (χ1n) is 10.4. The number of hydrogen-bond donors (Lipinski definition) is 1. The van der Waals surface area contributed by atoms with E-state index in [0.717, 1.165) is 12.8 Å². The molecule has 2 fully saturated rings. The van der Waals surface area contributed by atoms with Crippen LogP contribution in [0.4, 0.5) is 4.79 Å². The summed E-state index contributed by atoms with van der Waals surface area (Å²) in [4.78, 5) is 26.8. The van der Waals surface area contributed by atoms with Crippen LogP contribution < -0.4 is 5.32 Å². The molecule has 2 aliphatic rings. The van der Waals surface area contributed by atoms with E-state index in [1.54, 1.807) is 16.5 Å². The van der Waals surface area contributed by atoms with Gasteiger partial charge in [0.25, 0.3) is 5.91 Å². The number of carbonyl (C=O) groups is 2. The van der Waals surface area contributed by atoms with Gasteiger partial charge in [-0.15, -0.1) is 0 Å². The molecule has 0 atom stereocenters. The second kappa shape index (κ2) is 8.58. The molecule has 3 rings (SSSR count). The van der Waals surface area contributed by atoms with Gasteiger partial charge >= 0.3 is 6.09 Å². The zero-order valence-electron chi connectivity index (χ0n) is 18.2. The molecule has 1 N–H and O–H groups in total. The molecular formula is C20H32N4O5S. The smallest absolute Gasteiger partial charge is 0.407 e. The fourth-order valence-corrected chi connectivity index (χ4v) is 5.42. The summed E-state index contributed by atoms with van der Waals surface area (Å²) in [6, 6.07) is 1.42. The summed E-state index contributed by atoms with van der Waals surface area (Å²) in [7, 11) is -1.87. The maximum absolute atomic E-state index is 13.0. The van der Waals surface area contributed by atoms with Gasteiger partial charge in [0.1, 0.15) is 16.2 Å². The summed E-state index contributed by atoms with van der Waals surface area (Å²) >= 11 is 0. The second-order valence-corrected chi connectivity index (χ2v) is 10.9. The normalized spacial score (nSPS) is 19.1. The van der Waals surface area contributed by atoms with Crippen LogP contribution in [-0.2, 0) is 21.8 Å². The lowest BCUT2D eigenvalue weighted by molar-refractivity contribution is 0.0473. The zero-order valence-corrected chi connectivity index (χ0v) is 19.0. The van der Waals surface area contributed by atoms with Crippen molar-refractivity contribution >= 4 is 22.0 Å². The maximum atomic E-state index is 13.0. The Morgan fingerprint density at radius 2 is 1.70 bits per heavy atom. The zero-order chi connectivity index (χ0) is 22.1. The number of rotatable bonds is 4. The van der Waals surface area contributed by atoms with Crippen molar-refractivity contribution in [3.05, 3.63) is 18.0 Å². The highest BCUT2D eigenvalue weighted by molar-refractivity contribution is 7.89. The first-order valence-corrected chi connectivity index (χ1v) is 11.9. The third kappa shape index (κ3) is 5.15. The van der Waals surface area contributed by atoms with Crippen molar-refractivity contribution in [1.29, 1.82) is 0 Å². The lowest BCUT2D eigenvalue weighted by Gasteiger charge is -2.32. The van der Waals surface area contributed by atoms with Gasteiger partial charge in [-0.2, -0.15) is 4.31 Å². The van der Waals surface area contributed by atoms with Crippen molar-refractivity contribution in [2.75, 3.05) is 26.2 Å². The number of alkyl carbamates (subject to hydrolysis) is 1. The van der Waals surface area contributed by atoms with Crippen LogP contribution in [0.5, 0.6) is 0 Å². The third-order valence-corrected chi connectivity index (χ3v) is 7.27. The van der Waals surface area contributed by atoms with Crippen molar-refractivity contribution in [2.24, 2.45) is 7.05 Å². The number of aryl methyl sites for hydroxylation is 1. The van der Waals surface area contributed by atoms with Gasteiger partial charge in [0.2, 0.25) is 10.0 Å². The highest BCUT2D eigenvalue weighted by Crippen LogP contribution is 2.24. The number of piperidine rings is 1. The molecule has 0 spiro atoms. The van der Waals surface area contributed by atoms with Gasteiger partial charge in [-0.25, -0.2) is 13.2 Å². The average molecular weight is 441 g/mol. The SMILES string of the molecule is Cn1cc(S(=O)(=O)N2CCCC2)cc1C(=O)N1CCC(NC(=O)OC(C)(C)C)CC1. The monoisotopic (exact) mass is 440 g/mol. The Hall–Kier alpha value is -2.07. The third-order valence-electron chi connectivity index (χ3n) is 5.40.